The minimum absolute atomic E-state index is 0.0833. The molecule has 0 saturated carbocycles. The van der Waals surface area contributed by atoms with Gasteiger partial charge < -0.3 is 0 Å². The molecule has 0 bridgehead atoms. The highest BCUT2D eigenvalue weighted by atomic mass is 35.5. The molecule has 1 aliphatic carbocycles. The van der Waals surface area contributed by atoms with E-state index in [-0.39, 0.29) is 15.9 Å². The highest BCUT2D eigenvalue weighted by Crippen LogP contribution is 2.28. The van der Waals surface area contributed by atoms with Gasteiger partial charge in [-0.1, -0.05) is 35.9 Å². The number of benzene rings is 2. The first-order valence-electron chi connectivity index (χ1n) is 7.41. The van der Waals surface area contributed by atoms with Gasteiger partial charge >= 0.3 is 10.6 Å². The van der Waals surface area contributed by atoms with E-state index in [9.17, 15) is 14.0 Å². The molecule has 1 aromatic heterocycles. The van der Waals surface area contributed by atoms with Gasteiger partial charge in [0.15, 0.2) is 0 Å². The Kier molecular flexibility index (Phi) is 3.66. The molecule has 0 fully saturated rings. The van der Waals surface area contributed by atoms with Gasteiger partial charge in [0.1, 0.15) is 5.82 Å². The molecular formula is C17H12ClFN2O2S. The number of hydrogen-bond donors (Lipinski definition) is 0. The molecule has 122 valence electrons. The maximum absolute atomic E-state index is 13.3. The van der Waals surface area contributed by atoms with E-state index in [0.29, 0.717) is 18.5 Å². The molecule has 0 atom stereocenters. The number of aromatic nitrogens is 2. The van der Waals surface area contributed by atoms with E-state index in [4.69, 9.17) is 11.6 Å². The lowest BCUT2D eigenvalue weighted by molar-refractivity contribution is 0.498. The Hall–Kier alpha value is -2.18. The van der Waals surface area contributed by atoms with Gasteiger partial charge in [0.05, 0.1) is 16.8 Å². The summed E-state index contributed by atoms with van der Waals surface area (Å²) in [6.45, 7) is 0. The zero-order valence-electron chi connectivity index (χ0n) is 12.4. The van der Waals surface area contributed by atoms with E-state index < -0.39 is 11.5 Å². The van der Waals surface area contributed by atoms with Crippen molar-refractivity contribution < 1.29 is 4.39 Å². The van der Waals surface area contributed by atoms with Crippen LogP contribution in [-0.2, 0) is 12.8 Å². The number of fused-ring (bicyclic) bond motifs is 1. The molecule has 0 N–H and O–H groups in total. The van der Waals surface area contributed by atoms with Crippen molar-refractivity contribution in [2.24, 2.45) is 0 Å². The van der Waals surface area contributed by atoms with Crippen molar-refractivity contribution in [1.29, 1.82) is 0 Å². The van der Waals surface area contributed by atoms with Gasteiger partial charge in [0.25, 0.3) is 0 Å². The Balaban J connectivity index is 1.77. The van der Waals surface area contributed by atoms with Crippen LogP contribution in [-0.4, -0.2) is 8.52 Å². The van der Waals surface area contributed by atoms with Gasteiger partial charge in [-0.2, -0.15) is 0 Å². The molecule has 0 aliphatic heterocycles. The molecule has 4 nitrogen and oxygen atoms in total. The summed E-state index contributed by atoms with van der Waals surface area (Å²) >= 11 is 6.58. The minimum Gasteiger partial charge on any atom is -0.255 e. The molecule has 1 aliphatic rings. The Morgan fingerprint density at radius 3 is 2.38 bits per heavy atom. The maximum atomic E-state index is 13.3. The zero-order chi connectivity index (χ0) is 16.8. The predicted molar refractivity (Wildman–Crippen MR) is 92.0 cm³/mol. The van der Waals surface area contributed by atoms with E-state index in [0.717, 1.165) is 22.7 Å². The van der Waals surface area contributed by atoms with Crippen LogP contribution in [0.2, 0.25) is 5.02 Å². The van der Waals surface area contributed by atoms with Crippen LogP contribution in [0.1, 0.15) is 17.2 Å². The molecule has 0 amide bonds. The lowest BCUT2D eigenvalue weighted by atomic mass is 10.1. The summed E-state index contributed by atoms with van der Waals surface area (Å²) in [5.74, 6) is -0.563. The Labute approximate surface area is 145 Å². The second-order valence-corrected chi connectivity index (χ2v) is 7.04. The Morgan fingerprint density at radius 2 is 1.75 bits per heavy atom. The van der Waals surface area contributed by atoms with Crippen molar-refractivity contribution in [2.75, 3.05) is 0 Å². The number of rotatable bonds is 2. The molecular weight excluding hydrogens is 351 g/mol. The van der Waals surface area contributed by atoms with Crippen LogP contribution in [0, 0.1) is 5.82 Å². The lowest BCUT2D eigenvalue weighted by Gasteiger charge is -2.08. The van der Waals surface area contributed by atoms with E-state index in [2.05, 4.69) is 0 Å². The fraction of sp³-hybridized carbons (Fsp3) is 0.176. The third-order valence-corrected chi connectivity index (χ3v) is 5.47. The SMILES string of the molecule is O=c1sn(-c2ccc(F)c(Cl)c2)c(=O)n1C1Cc2ccccc2C1. The minimum atomic E-state index is -0.563. The zero-order valence-corrected chi connectivity index (χ0v) is 14.0. The third kappa shape index (κ3) is 2.42. The first kappa shape index (κ1) is 15.4. The fourth-order valence-corrected chi connectivity index (χ4v) is 4.17. The topological polar surface area (TPSA) is 44.0 Å². The smallest absolute Gasteiger partial charge is 0.255 e. The van der Waals surface area contributed by atoms with Crippen LogP contribution in [0.25, 0.3) is 5.69 Å². The van der Waals surface area contributed by atoms with Gasteiger partial charge in [-0.15, -0.1) is 0 Å². The molecule has 2 aromatic carbocycles. The van der Waals surface area contributed by atoms with E-state index >= 15 is 0 Å². The average molecular weight is 363 g/mol. The number of halogens is 2. The maximum Gasteiger partial charge on any atom is 0.346 e. The van der Waals surface area contributed by atoms with Crippen molar-refractivity contribution in [3.05, 3.63) is 84.6 Å². The Bertz CT molecular complexity index is 1030. The van der Waals surface area contributed by atoms with E-state index in [1.54, 1.807) is 0 Å². The van der Waals surface area contributed by atoms with Gasteiger partial charge in [0, 0.05) is 11.5 Å². The molecule has 24 heavy (non-hydrogen) atoms. The second kappa shape index (κ2) is 5.72. The molecule has 7 heteroatoms. The van der Waals surface area contributed by atoms with E-state index in [1.807, 2.05) is 24.3 Å². The molecule has 1 heterocycles. The highest BCUT2D eigenvalue weighted by molar-refractivity contribution is 7.03. The summed E-state index contributed by atoms with van der Waals surface area (Å²) in [5, 5.41) is -0.0833. The summed E-state index contributed by atoms with van der Waals surface area (Å²) in [7, 11) is 0. The van der Waals surface area contributed by atoms with Crippen LogP contribution < -0.4 is 10.6 Å². The predicted octanol–water partition coefficient (Wildman–Crippen LogP) is 3.19. The van der Waals surface area contributed by atoms with Crippen molar-refractivity contribution in [3.63, 3.8) is 0 Å². The quantitative estimate of drug-likeness (QED) is 0.702. The second-order valence-electron chi connectivity index (χ2n) is 5.73. The van der Waals surface area contributed by atoms with Gasteiger partial charge in [0.2, 0.25) is 0 Å². The molecule has 0 unspecified atom stereocenters. The van der Waals surface area contributed by atoms with Crippen molar-refractivity contribution in [3.8, 4) is 5.69 Å². The summed E-state index contributed by atoms with van der Waals surface area (Å²) in [6, 6.07) is 11.7. The summed E-state index contributed by atoms with van der Waals surface area (Å²) < 4.78 is 15.9. The summed E-state index contributed by atoms with van der Waals surface area (Å²) in [5.41, 5.74) is 2.31. The highest BCUT2D eigenvalue weighted by Gasteiger charge is 2.27. The lowest BCUT2D eigenvalue weighted by Crippen LogP contribution is -2.32. The standard InChI is InChI=1S/C17H12ClFN2O2S/c18-14-9-12(5-6-15(14)19)21-16(22)20(17(23)24-21)13-7-10-3-1-2-4-11(10)8-13/h1-6,9,13H,7-8H2. The Morgan fingerprint density at radius 1 is 1.08 bits per heavy atom. The summed E-state index contributed by atoms with van der Waals surface area (Å²) in [4.78, 5) is 24.8. The molecule has 0 spiro atoms. The van der Waals surface area contributed by atoms with Crippen LogP contribution in [0.4, 0.5) is 4.39 Å². The molecule has 0 saturated heterocycles. The van der Waals surface area contributed by atoms with Gasteiger partial charge in [-0.05, 0) is 42.2 Å². The summed E-state index contributed by atoms with van der Waals surface area (Å²) in [6.07, 6.45) is 1.32. The monoisotopic (exact) mass is 362 g/mol. The van der Waals surface area contributed by atoms with Crippen molar-refractivity contribution >= 4 is 23.1 Å². The number of nitrogens with zero attached hydrogens (tertiary/aromatic N) is 2. The largest absolute Gasteiger partial charge is 0.346 e. The molecule has 4 rings (SSSR count). The number of hydrogen-bond acceptors (Lipinski definition) is 3. The van der Waals surface area contributed by atoms with Crippen molar-refractivity contribution in [2.45, 2.75) is 18.9 Å². The average Bonchev–Trinajstić information content (AvgIpc) is 3.10. The molecule has 0 radical (unpaired) electrons. The van der Waals surface area contributed by atoms with Crippen molar-refractivity contribution in [1.82, 2.24) is 8.52 Å². The van der Waals surface area contributed by atoms with Gasteiger partial charge in [-0.25, -0.2) is 17.7 Å². The fourth-order valence-electron chi connectivity index (χ4n) is 3.14. The third-order valence-electron chi connectivity index (χ3n) is 4.28. The first-order valence-corrected chi connectivity index (χ1v) is 8.57. The first-order chi connectivity index (χ1) is 11.5. The van der Waals surface area contributed by atoms with Crippen LogP contribution >= 0.6 is 23.1 Å². The normalized spacial score (nSPS) is 14.1. The van der Waals surface area contributed by atoms with Gasteiger partial charge in [-0.3, -0.25) is 4.79 Å². The van der Waals surface area contributed by atoms with Crippen LogP contribution in [0.15, 0.2) is 52.1 Å². The van der Waals surface area contributed by atoms with Crippen LogP contribution in [0.5, 0.6) is 0 Å². The molecule has 3 aromatic rings. The van der Waals surface area contributed by atoms with Crippen LogP contribution in [0.3, 0.4) is 0 Å². The van der Waals surface area contributed by atoms with E-state index in [1.165, 1.54) is 26.7 Å².